The second kappa shape index (κ2) is 7.74. The molecule has 23 heavy (non-hydrogen) atoms. The number of nitrogens with one attached hydrogen (secondary N) is 1. The van der Waals surface area contributed by atoms with Crippen LogP contribution in [0.5, 0.6) is 0 Å². The van der Waals surface area contributed by atoms with Gasteiger partial charge in [0, 0.05) is 19.6 Å². The fourth-order valence-corrected chi connectivity index (χ4v) is 5.37. The van der Waals surface area contributed by atoms with Crippen LogP contribution in [0.25, 0.3) is 0 Å². The molecule has 1 aromatic carbocycles. The average Bonchev–Trinajstić information content (AvgIpc) is 2.47. The van der Waals surface area contributed by atoms with E-state index >= 15 is 0 Å². The molecule has 1 aliphatic heterocycles. The van der Waals surface area contributed by atoms with Crippen molar-refractivity contribution in [2.75, 3.05) is 25.4 Å². The fourth-order valence-electron chi connectivity index (χ4n) is 2.67. The first-order chi connectivity index (χ1) is 10.8. The molecule has 0 saturated carbocycles. The zero-order valence-electron chi connectivity index (χ0n) is 13.4. The van der Waals surface area contributed by atoms with Crippen LogP contribution in [0.2, 0.25) is 0 Å². The molecule has 130 valence electrons. The van der Waals surface area contributed by atoms with E-state index in [1.54, 1.807) is 12.1 Å². The Labute approximate surface area is 139 Å². The smallest absolute Gasteiger partial charge is 0.214 e. The molecule has 0 aliphatic carbocycles. The van der Waals surface area contributed by atoms with Crippen LogP contribution in [0.4, 0.5) is 0 Å². The number of sulfonamides is 2. The number of nitrogens with zero attached hydrogens (tertiary/aromatic N) is 1. The van der Waals surface area contributed by atoms with Crippen LogP contribution >= 0.6 is 0 Å². The van der Waals surface area contributed by atoms with Crippen LogP contribution in [0.1, 0.15) is 30.4 Å². The highest BCUT2D eigenvalue weighted by Gasteiger charge is 2.24. The van der Waals surface area contributed by atoms with Crippen molar-refractivity contribution in [3.63, 3.8) is 0 Å². The van der Waals surface area contributed by atoms with Crippen molar-refractivity contribution in [1.82, 2.24) is 9.03 Å². The van der Waals surface area contributed by atoms with Crippen molar-refractivity contribution in [2.45, 2.75) is 31.9 Å². The van der Waals surface area contributed by atoms with Gasteiger partial charge in [0.15, 0.2) is 0 Å². The lowest BCUT2D eigenvalue weighted by atomic mass is 10.2. The van der Waals surface area contributed by atoms with Gasteiger partial charge in [0.05, 0.1) is 11.5 Å². The Bertz CT molecular complexity index is 724. The third-order valence-electron chi connectivity index (χ3n) is 3.83. The molecule has 0 amide bonds. The molecular formula is C15H24N2O4S2. The first kappa shape index (κ1) is 18.4. The lowest BCUT2D eigenvalue weighted by molar-refractivity contribution is 0.346. The van der Waals surface area contributed by atoms with Gasteiger partial charge in [-0.15, -0.1) is 0 Å². The van der Waals surface area contributed by atoms with E-state index in [0.717, 1.165) is 24.8 Å². The van der Waals surface area contributed by atoms with E-state index in [-0.39, 0.29) is 18.1 Å². The number of hydrogen-bond donors (Lipinski definition) is 1. The minimum atomic E-state index is -3.54. The minimum Gasteiger partial charge on any atom is -0.214 e. The van der Waals surface area contributed by atoms with E-state index in [1.807, 2.05) is 19.1 Å². The molecule has 1 N–H and O–H groups in total. The van der Waals surface area contributed by atoms with Crippen molar-refractivity contribution < 1.29 is 16.8 Å². The zero-order chi connectivity index (χ0) is 16.9. The summed E-state index contributed by atoms with van der Waals surface area (Å²) in [5.74, 6) is -0.335. The van der Waals surface area contributed by atoms with Gasteiger partial charge in [0.2, 0.25) is 20.0 Å². The summed E-state index contributed by atoms with van der Waals surface area (Å²) >= 11 is 0. The maximum absolute atomic E-state index is 12.2. The van der Waals surface area contributed by atoms with Crippen molar-refractivity contribution in [1.29, 1.82) is 0 Å². The number of benzene rings is 1. The van der Waals surface area contributed by atoms with Gasteiger partial charge in [-0.25, -0.2) is 25.9 Å². The Balaban J connectivity index is 1.87. The molecular weight excluding hydrogens is 336 g/mol. The van der Waals surface area contributed by atoms with Gasteiger partial charge in [0.1, 0.15) is 0 Å². The summed E-state index contributed by atoms with van der Waals surface area (Å²) in [4.78, 5) is 0. The summed E-state index contributed by atoms with van der Waals surface area (Å²) in [6, 6.07) is 7.26. The highest BCUT2D eigenvalue weighted by Crippen LogP contribution is 2.13. The van der Waals surface area contributed by atoms with Crippen molar-refractivity contribution >= 4 is 20.0 Å². The molecule has 0 spiro atoms. The lowest BCUT2D eigenvalue weighted by Crippen LogP contribution is -2.40. The molecule has 8 heteroatoms. The monoisotopic (exact) mass is 360 g/mol. The Morgan fingerprint density at radius 2 is 1.78 bits per heavy atom. The normalized spacial score (nSPS) is 17.3. The summed E-state index contributed by atoms with van der Waals surface area (Å²) in [6.45, 7) is 2.89. The SMILES string of the molecule is Cc1cccc(CS(=O)(=O)NCCS(=O)(=O)N2CCCCC2)c1. The number of piperidine rings is 1. The van der Waals surface area contributed by atoms with Gasteiger partial charge in [0.25, 0.3) is 0 Å². The molecule has 1 aromatic rings. The molecule has 0 unspecified atom stereocenters. The molecule has 1 heterocycles. The predicted molar refractivity (Wildman–Crippen MR) is 91.0 cm³/mol. The third kappa shape index (κ3) is 5.87. The third-order valence-corrected chi connectivity index (χ3v) is 7.06. The average molecular weight is 361 g/mol. The molecule has 1 aliphatic rings. The topological polar surface area (TPSA) is 83.5 Å². The van der Waals surface area contributed by atoms with Crippen LogP contribution in [-0.4, -0.2) is 46.5 Å². The molecule has 1 fully saturated rings. The van der Waals surface area contributed by atoms with E-state index in [9.17, 15) is 16.8 Å². The van der Waals surface area contributed by atoms with E-state index in [0.29, 0.717) is 18.7 Å². The first-order valence-electron chi connectivity index (χ1n) is 7.79. The number of hydrogen-bond acceptors (Lipinski definition) is 4. The second-order valence-corrected chi connectivity index (χ2v) is 9.81. The zero-order valence-corrected chi connectivity index (χ0v) is 15.0. The van der Waals surface area contributed by atoms with E-state index in [1.165, 1.54) is 4.31 Å². The Kier molecular flexibility index (Phi) is 6.19. The van der Waals surface area contributed by atoms with Crippen LogP contribution in [-0.2, 0) is 25.8 Å². The van der Waals surface area contributed by atoms with Crippen LogP contribution in [0.15, 0.2) is 24.3 Å². The van der Waals surface area contributed by atoms with Gasteiger partial charge in [-0.3, -0.25) is 0 Å². The Morgan fingerprint density at radius 3 is 2.43 bits per heavy atom. The molecule has 0 atom stereocenters. The quantitative estimate of drug-likeness (QED) is 0.793. The first-order valence-corrected chi connectivity index (χ1v) is 11.1. The Morgan fingerprint density at radius 1 is 1.09 bits per heavy atom. The fraction of sp³-hybridized carbons (Fsp3) is 0.600. The molecule has 0 radical (unpaired) electrons. The Hall–Kier alpha value is -0.960. The van der Waals surface area contributed by atoms with E-state index in [4.69, 9.17) is 0 Å². The maximum atomic E-state index is 12.2. The second-order valence-electron chi connectivity index (χ2n) is 5.92. The number of aryl methyl sites for hydroxylation is 1. The van der Waals surface area contributed by atoms with Crippen LogP contribution in [0.3, 0.4) is 0 Å². The van der Waals surface area contributed by atoms with Gasteiger partial charge in [-0.1, -0.05) is 36.2 Å². The maximum Gasteiger partial charge on any atom is 0.215 e. The molecule has 6 nitrogen and oxygen atoms in total. The van der Waals surface area contributed by atoms with Crippen LogP contribution in [0, 0.1) is 6.92 Å². The highest BCUT2D eigenvalue weighted by atomic mass is 32.2. The summed E-state index contributed by atoms with van der Waals surface area (Å²) in [7, 11) is -6.92. The molecule has 0 aromatic heterocycles. The largest absolute Gasteiger partial charge is 0.215 e. The number of rotatable bonds is 7. The summed E-state index contributed by atoms with van der Waals surface area (Å²) in [6.07, 6.45) is 2.80. The van der Waals surface area contributed by atoms with Gasteiger partial charge < -0.3 is 0 Å². The van der Waals surface area contributed by atoms with Crippen molar-refractivity contribution in [2.24, 2.45) is 0 Å². The van der Waals surface area contributed by atoms with E-state index in [2.05, 4.69) is 4.72 Å². The highest BCUT2D eigenvalue weighted by molar-refractivity contribution is 7.89. The predicted octanol–water partition coefficient (Wildman–Crippen LogP) is 1.23. The van der Waals surface area contributed by atoms with Crippen molar-refractivity contribution in [3.05, 3.63) is 35.4 Å². The van der Waals surface area contributed by atoms with Crippen LogP contribution < -0.4 is 4.72 Å². The summed E-state index contributed by atoms with van der Waals surface area (Å²) in [5.41, 5.74) is 1.68. The molecule has 1 saturated heterocycles. The standard InChI is InChI=1S/C15H24N2O4S2/c1-14-6-5-7-15(12-14)13-22(18,19)16-8-11-23(20,21)17-9-3-2-4-10-17/h5-7,12,16H,2-4,8-11,13H2,1H3. The van der Waals surface area contributed by atoms with Gasteiger partial charge >= 0.3 is 0 Å². The molecule has 2 rings (SSSR count). The summed E-state index contributed by atoms with van der Waals surface area (Å²) in [5, 5.41) is 0. The summed E-state index contributed by atoms with van der Waals surface area (Å²) < 4.78 is 52.3. The minimum absolute atomic E-state index is 0.0903. The van der Waals surface area contributed by atoms with Crippen molar-refractivity contribution in [3.8, 4) is 0 Å². The van der Waals surface area contributed by atoms with E-state index < -0.39 is 20.0 Å². The lowest BCUT2D eigenvalue weighted by Gasteiger charge is -2.25. The van der Waals surface area contributed by atoms with Gasteiger partial charge in [-0.05, 0) is 25.3 Å². The van der Waals surface area contributed by atoms with Gasteiger partial charge in [-0.2, -0.15) is 0 Å². The molecule has 0 bridgehead atoms.